The molecule has 1 N–H and O–H groups in total. The fraction of sp³-hybridized carbons (Fsp3) is 0.812. The lowest BCUT2D eigenvalue weighted by molar-refractivity contribution is 0.279. The van der Waals surface area contributed by atoms with Gasteiger partial charge in [-0.15, -0.1) is 0 Å². The summed E-state index contributed by atoms with van der Waals surface area (Å²) in [5.74, 6) is 3.38. The van der Waals surface area contributed by atoms with Crippen molar-refractivity contribution >= 4 is 5.95 Å². The maximum atomic E-state index is 4.66. The molecule has 108 valence electrons. The Labute approximate surface area is 117 Å². The van der Waals surface area contributed by atoms with Gasteiger partial charge in [0.2, 0.25) is 5.95 Å². The van der Waals surface area contributed by atoms with Gasteiger partial charge in [-0.1, -0.05) is 27.7 Å². The lowest BCUT2D eigenvalue weighted by Gasteiger charge is -2.32. The van der Waals surface area contributed by atoms with Crippen LogP contribution < -0.4 is 5.32 Å². The van der Waals surface area contributed by atoms with E-state index in [9.17, 15) is 0 Å². The van der Waals surface area contributed by atoms with E-state index in [2.05, 4.69) is 55.7 Å². The molecule has 1 aliphatic carbocycles. The van der Waals surface area contributed by atoms with Crippen LogP contribution in [-0.2, 0) is 6.54 Å². The van der Waals surface area contributed by atoms with Crippen LogP contribution in [0.3, 0.4) is 0 Å². The minimum Gasteiger partial charge on any atom is -0.353 e. The molecule has 0 amide bonds. The van der Waals surface area contributed by atoms with Gasteiger partial charge in [0, 0.05) is 18.8 Å². The highest BCUT2D eigenvalue weighted by Gasteiger charge is 2.24. The fourth-order valence-electron chi connectivity index (χ4n) is 3.44. The van der Waals surface area contributed by atoms with Gasteiger partial charge in [0.15, 0.2) is 0 Å². The van der Waals surface area contributed by atoms with Crippen molar-refractivity contribution in [2.75, 3.05) is 5.32 Å². The van der Waals surface area contributed by atoms with Crippen molar-refractivity contribution in [1.29, 1.82) is 0 Å². The number of hydrogen-bond donors (Lipinski definition) is 1. The third-order valence-corrected chi connectivity index (χ3v) is 3.97. The smallest absolute Gasteiger partial charge is 0.203 e. The Morgan fingerprint density at radius 3 is 2.47 bits per heavy atom. The first-order valence-electron chi connectivity index (χ1n) is 7.74. The van der Waals surface area contributed by atoms with Crippen LogP contribution >= 0.6 is 0 Å². The van der Waals surface area contributed by atoms with Gasteiger partial charge >= 0.3 is 0 Å². The summed E-state index contributed by atoms with van der Waals surface area (Å²) in [6, 6.07) is 0.589. The van der Waals surface area contributed by atoms with Crippen molar-refractivity contribution in [3.05, 3.63) is 11.9 Å². The Morgan fingerprint density at radius 1 is 1.26 bits per heavy atom. The number of hydrogen-bond acceptors (Lipinski definition) is 2. The lowest BCUT2D eigenvalue weighted by Crippen LogP contribution is -2.31. The zero-order valence-corrected chi connectivity index (χ0v) is 13.1. The second-order valence-corrected chi connectivity index (χ2v) is 7.01. The largest absolute Gasteiger partial charge is 0.353 e. The Morgan fingerprint density at radius 2 is 1.89 bits per heavy atom. The van der Waals surface area contributed by atoms with E-state index in [-0.39, 0.29) is 0 Å². The monoisotopic (exact) mass is 263 g/mol. The molecule has 2 atom stereocenters. The molecule has 0 spiro atoms. The van der Waals surface area contributed by atoms with Crippen LogP contribution in [0.1, 0.15) is 52.7 Å². The maximum absolute atomic E-state index is 4.66. The summed E-state index contributed by atoms with van der Waals surface area (Å²) in [5, 5.41) is 3.69. The first kappa shape index (κ1) is 14.4. The summed E-state index contributed by atoms with van der Waals surface area (Å²) < 4.78 is 2.28. The third kappa shape index (κ3) is 3.99. The zero-order valence-electron chi connectivity index (χ0n) is 13.1. The summed E-state index contributed by atoms with van der Waals surface area (Å²) in [4.78, 5) is 4.66. The average Bonchev–Trinajstić information content (AvgIpc) is 2.56. The predicted molar refractivity (Wildman–Crippen MR) is 81.4 cm³/mol. The molecule has 2 unspecified atom stereocenters. The Bertz CT molecular complexity index is 398. The number of rotatable bonds is 4. The Balaban J connectivity index is 2.05. The van der Waals surface area contributed by atoms with Crippen LogP contribution in [0.5, 0.6) is 0 Å². The van der Waals surface area contributed by atoms with E-state index in [4.69, 9.17) is 0 Å². The van der Waals surface area contributed by atoms with E-state index < -0.39 is 0 Å². The molecule has 0 aromatic carbocycles. The Kier molecular flexibility index (Phi) is 4.54. The van der Waals surface area contributed by atoms with E-state index in [1.807, 2.05) is 0 Å². The van der Waals surface area contributed by atoms with Gasteiger partial charge in [-0.3, -0.25) is 0 Å². The summed E-state index contributed by atoms with van der Waals surface area (Å²) in [7, 11) is 0. The van der Waals surface area contributed by atoms with Crippen LogP contribution in [0.25, 0.3) is 0 Å². The summed E-state index contributed by atoms with van der Waals surface area (Å²) >= 11 is 0. The molecular formula is C16H29N3. The number of aromatic nitrogens is 2. The lowest BCUT2D eigenvalue weighted by atomic mass is 9.80. The van der Waals surface area contributed by atoms with Crippen molar-refractivity contribution in [1.82, 2.24) is 9.55 Å². The van der Waals surface area contributed by atoms with Gasteiger partial charge < -0.3 is 9.88 Å². The van der Waals surface area contributed by atoms with Crippen molar-refractivity contribution in [2.24, 2.45) is 17.8 Å². The zero-order chi connectivity index (χ0) is 14.0. The summed E-state index contributed by atoms with van der Waals surface area (Å²) in [6.45, 7) is 12.4. The molecule has 19 heavy (non-hydrogen) atoms. The van der Waals surface area contributed by atoms with Gasteiger partial charge in [0.1, 0.15) is 0 Å². The molecule has 0 saturated heterocycles. The van der Waals surface area contributed by atoms with E-state index in [0.29, 0.717) is 12.0 Å². The molecule has 1 saturated carbocycles. The van der Waals surface area contributed by atoms with Gasteiger partial charge in [-0.25, -0.2) is 4.98 Å². The molecule has 3 heteroatoms. The average molecular weight is 263 g/mol. The highest BCUT2D eigenvalue weighted by atomic mass is 15.2. The molecule has 0 aliphatic heterocycles. The Hall–Kier alpha value is -0.990. The number of nitrogens with one attached hydrogen (secondary N) is 1. The van der Waals surface area contributed by atoms with Gasteiger partial charge in [0.05, 0.1) is 5.69 Å². The molecular weight excluding hydrogens is 234 g/mol. The van der Waals surface area contributed by atoms with Crippen LogP contribution in [0.15, 0.2) is 6.20 Å². The summed E-state index contributed by atoms with van der Waals surface area (Å²) in [6.07, 6.45) is 6.09. The minimum absolute atomic E-state index is 0.589. The minimum atomic E-state index is 0.589. The number of anilines is 1. The molecule has 1 aliphatic rings. The molecule has 1 heterocycles. The molecule has 0 radical (unpaired) electrons. The van der Waals surface area contributed by atoms with Gasteiger partial charge in [-0.05, 0) is 43.9 Å². The van der Waals surface area contributed by atoms with Gasteiger partial charge in [-0.2, -0.15) is 0 Å². The third-order valence-electron chi connectivity index (χ3n) is 3.97. The standard InChI is InChI=1S/C16H29N3/c1-11(2)9-19-10-14(5)17-16(19)18-15-7-12(3)6-13(4)8-15/h10-13,15H,6-9H2,1-5H3,(H,17,18). The first-order valence-corrected chi connectivity index (χ1v) is 7.74. The molecule has 1 aromatic heterocycles. The summed E-state index contributed by atoms with van der Waals surface area (Å²) in [5.41, 5.74) is 1.11. The first-order chi connectivity index (χ1) is 8.94. The quantitative estimate of drug-likeness (QED) is 0.887. The van der Waals surface area contributed by atoms with Crippen LogP contribution in [-0.4, -0.2) is 15.6 Å². The second kappa shape index (κ2) is 5.98. The second-order valence-electron chi connectivity index (χ2n) is 7.01. The van der Waals surface area contributed by atoms with Crippen LogP contribution in [0, 0.1) is 24.7 Å². The van der Waals surface area contributed by atoms with E-state index >= 15 is 0 Å². The number of imidazole rings is 1. The van der Waals surface area contributed by atoms with E-state index in [1.54, 1.807) is 0 Å². The highest BCUT2D eigenvalue weighted by Crippen LogP contribution is 2.30. The van der Waals surface area contributed by atoms with Crippen molar-refractivity contribution in [3.63, 3.8) is 0 Å². The van der Waals surface area contributed by atoms with Crippen molar-refractivity contribution in [2.45, 2.75) is 66.5 Å². The normalized spacial score (nSPS) is 27.8. The number of nitrogens with zero attached hydrogens (tertiary/aromatic N) is 2. The van der Waals surface area contributed by atoms with E-state index in [1.165, 1.54) is 19.3 Å². The molecule has 3 nitrogen and oxygen atoms in total. The van der Waals surface area contributed by atoms with Gasteiger partial charge in [0.25, 0.3) is 0 Å². The molecule has 2 rings (SSSR count). The van der Waals surface area contributed by atoms with Crippen LogP contribution in [0.2, 0.25) is 0 Å². The molecule has 1 fully saturated rings. The topological polar surface area (TPSA) is 29.9 Å². The molecule has 1 aromatic rings. The van der Waals surface area contributed by atoms with Crippen molar-refractivity contribution < 1.29 is 0 Å². The fourth-order valence-corrected chi connectivity index (χ4v) is 3.44. The van der Waals surface area contributed by atoms with Crippen molar-refractivity contribution in [3.8, 4) is 0 Å². The SMILES string of the molecule is Cc1cn(CC(C)C)c(NC2CC(C)CC(C)C2)n1. The number of aryl methyl sites for hydroxylation is 1. The molecule has 0 bridgehead atoms. The van der Waals surface area contributed by atoms with Crippen LogP contribution in [0.4, 0.5) is 5.95 Å². The maximum Gasteiger partial charge on any atom is 0.203 e. The predicted octanol–water partition coefficient (Wildman–Crippen LogP) is 4.08. The van der Waals surface area contributed by atoms with E-state index in [0.717, 1.165) is 30.0 Å². The highest BCUT2D eigenvalue weighted by molar-refractivity contribution is 5.30.